The van der Waals surface area contributed by atoms with Crippen LogP contribution in [0, 0.1) is 0 Å². The van der Waals surface area contributed by atoms with Crippen LogP contribution in [0.4, 0.5) is 11.5 Å². The van der Waals surface area contributed by atoms with Gasteiger partial charge in [-0.15, -0.1) is 0 Å². The van der Waals surface area contributed by atoms with Gasteiger partial charge in [0.25, 0.3) is 5.91 Å². The van der Waals surface area contributed by atoms with E-state index in [0.29, 0.717) is 24.6 Å². The van der Waals surface area contributed by atoms with E-state index in [4.69, 9.17) is 4.74 Å². The molecular weight excluding hydrogens is 346 g/mol. The number of hydrogen-bond acceptors (Lipinski definition) is 4. The average Bonchev–Trinajstić information content (AvgIpc) is 2.58. The fourth-order valence-electron chi connectivity index (χ4n) is 2.35. The van der Waals surface area contributed by atoms with Gasteiger partial charge < -0.3 is 15.0 Å². The second kappa shape index (κ2) is 6.89. The van der Waals surface area contributed by atoms with Crippen molar-refractivity contribution in [1.82, 2.24) is 4.98 Å². The lowest BCUT2D eigenvalue weighted by molar-refractivity contribution is 0.102. The van der Waals surface area contributed by atoms with Crippen molar-refractivity contribution in [2.24, 2.45) is 0 Å². The van der Waals surface area contributed by atoms with Gasteiger partial charge in [-0.1, -0.05) is 12.1 Å². The Balaban J connectivity index is 1.85. The number of pyridine rings is 1. The zero-order valence-corrected chi connectivity index (χ0v) is 13.5. The first-order valence-corrected chi connectivity index (χ1v) is 7.88. The van der Waals surface area contributed by atoms with E-state index in [2.05, 4.69) is 31.1 Å². The van der Waals surface area contributed by atoms with Gasteiger partial charge in [0.05, 0.1) is 24.5 Å². The molecule has 0 bridgehead atoms. The fourth-order valence-corrected chi connectivity index (χ4v) is 2.74. The van der Waals surface area contributed by atoms with E-state index in [-0.39, 0.29) is 5.91 Å². The number of para-hydroxylation sites is 1. The average molecular weight is 362 g/mol. The summed E-state index contributed by atoms with van der Waals surface area (Å²) in [5.74, 6) is 0.539. The van der Waals surface area contributed by atoms with Crippen molar-refractivity contribution in [3.8, 4) is 0 Å². The van der Waals surface area contributed by atoms with Gasteiger partial charge in [-0.05, 0) is 40.2 Å². The molecule has 2 heterocycles. The van der Waals surface area contributed by atoms with Crippen molar-refractivity contribution < 1.29 is 9.53 Å². The van der Waals surface area contributed by atoms with Crippen molar-refractivity contribution in [2.75, 3.05) is 36.5 Å². The summed E-state index contributed by atoms with van der Waals surface area (Å²) >= 11 is 3.44. The number of halogens is 1. The van der Waals surface area contributed by atoms with Crippen LogP contribution in [0.1, 0.15) is 10.4 Å². The Bertz CT molecular complexity index is 672. The van der Waals surface area contributed by atoms with Crippen LogP contribution in [0.25, 0.3) is 0 Å². The molecule has 1 aliphatic heterocycles. The van der Waals surface area contributed by atoms with Gasteiger partial charge in [-0.2, -0.15) is 0 Å². The number of carbonyl (C=O) groups is 1. The zero-order chi connectivity index (χ0) is 15.4. The van der Waals surface area contributed by atoms with Crippen LogP contribution >= 0.6 is 15.9 Å². The predicted molar refractivity (Wildman–Crippen MR) is 89.4 cm³/mol. The van der Waals surface area contributed by atoms with Gasteiger partial charge in [-0.25, -0.2) is 4.98 Å². The number of amides is 1. The monoisotopic (exact) mass is 361 g/mol. The molecule has 1 N–H and O–H groups in total. The lowest BCUT2D eigenvalue weighted by atomic mass is 10.2. The van der Waals surface area contributed by atoms with Crippen LogP contribution in [0.2, 0.25) is 0 Å². The largest absolute Gasteiger partial charge is 0.378 e. The number of morpholine rings is 1. The molecule has 114 valence electrons. The highest BCUT2D eigenvalue weighted by atomic mass is 79.9. The zero-order valence-electron chi connectivity index (χ0n) is 12.0. The lowest BCUT2D eigenvalue weighted by Crippen LogP contribution is -2.38. The molecule has 22 heavy (non-hydrogen) atoms. The molecule has 1 amide bonds. The Morgan fingerprint density at radius 3 is 2.73 bits per heavy atom. The van der Waals surface area contributed by atoms with Gasteiger partial charge in [0, 0.05) is 23.8 Å². The number of ether oxygens (including phenoxy) is 1. The Hall–Kier alpha value is -1.92. The number of aromatic nitrogens is 1. The normalized spacial score (nSPS) is 14.7. The number of hydrogen-bond donors (Lipinski definition) is 1. The van der Waals surface area contributed by atoms with E-state index < -0.39 is 0 Å². The minimum atomic E-state index is -0.165. The highest BCUT2D eigenvalue weighted by Gasteiger charge is 2.20. The predicted octanol–water partition coefficient (Wildman–Crippen LogP) is 2.93. The molecule has 1 fully saturated rings. The maximum absolute atomic E-state index is 12.6. The highest BCUT2D eigenvalue weighted by Crippen LogP contribution is 2.24. The van der Waals surface area contributed by atoms with Crippen LogP contribution in [-0.2, 0) is 4.74 Å². The molecule has 6 heteroatoms. The molecular formula is C16H16BrN3O2. The molecule has 0 spiro atoms. The number of rotatable bonds is 3. The van der Waals surface area contributed by atoms with Crippen LogP contribution in [0.3, 0.4) is 0 Å². The maximum Gasteiger partial charge on any atom is 0.259 e. The Kier molecular flexibility index (Phi) is 4.70. The molecule has 1 aromatic heterocycles. The SMILES string of the molecule is O=C(Nc1ccccc1Br)c1cccnc1N1CCOCC1. The third kappa shape index (κ3) is 3.28. The number of nitrogens with zero attached hydrogens (tertiary/aromatic N) is 2. The van der Waals surface area contributed by atoms with E-state index in [9.17, 15) is 4.79 Å². The molecule has 0 saturated carbocycles. The minimum absolute atomic E-state index is 0.165. The summed E-state index contributed by atoms with van der Waals surface area (Å²) in [6.45, 7) is 2.79. The molecule has 1 saturated heterocycles. The van der Waals surface area contributed by atoms with Crippen molar-refractivity contribution in [1.29, 1.82) is 0 Å². The van der Waals surface area contributed by atoms with E-state index >= 15 is 0 Å². The number of anilines is 2. The van der Waals surface area contributed by atoms with E-state index in [1.54, 1.807) is 18.3 Å². The standard InChI is InChI=1S/C16H16BrN3O2/c17-13-5-1-2-6-14(13)19-16(21)12-4-3-7-18-15(12)20-8-10-22-11-9-20/h1-7H,8-11H2,(H,19,21). The van der Waals surface area contributed by atoms with Gasteiger partial charge in [0.1, 0.15) is 5.82 Å². The van der Waals surface area contributed by atoms with Crippen LogP contribution < -0.4 is 10.2 Å². The molecule has 2 aromatic rings. The third-order valence-electron chi connectivity index (χ3n) is 3.46. The number of benzene rings is 1. The van der Waals surface area contributed by atoms with Crippen molar-refractivity contribution in [2.45, 2.75) is 0 Å². The Morgan fingerprint density at radius 1 is 1.18 bits per heavy atom. The second-order valence-corrected chi connectivity index (χ2v) is 5.76. The summed E-state index contributed by atoms with van der Waals surface area (Å²) in [6.07, 6.45) is 1.71. The molecule has 3 rings (SSSR count). The smallest absolute Gasteiger partial charge is 0.259 e. The van der Waals surface area contributed by atoms with Gasteiger partial charge >= 0.3 is 0 Å². The summed E-state index contributed by atoms with van der Waals surface area (Å²) in [6, 6.07) is 11.1. The van der Waals surface area contributed by atoms with Crippen LogP contribution in [0.5, 0.6) is 0 Å². The maximum atomic E-state index is 12.6. The summed E-state index contributed by atoms with van der Waals surface area (Å²) < 4.78 is 6.20. The minimum Gasteiger partial charge on any atom is -0.378 e. The van der Waals surface area contributed by atoms with Crippen molar-refractivity contribution >= 4 is 33.3 Å². The topological polar surface area (TPSA) is 54.5 Å². The quantitative estimate of drug-likeness (QED) is 0.912. The summed E-state index contributed by atoms with van der Waals surface area (Å²) in [7, 11) is 0. The van der Waals surface area contributed by atoms with Crippen LogP contribution in [-0.4, -0.2) is 37.2 Å². The summed E-state index contributed by atoms with van der Waals surface area (Å²) in [4.78, 5) is 19.1. The summed E-state index contributed by atoms with van der Waals surface area (Å²) in [5, 5.41) is 2.92. The van der Waals surface area contributed by atoms with E-state index in [1.165, 1.54) is 0 Å². The Morgan fingerprint density at radius 2 is 1.95 bits per heavy atom. The van der Waals surface area contributed by atoms with Gasteiger partial charge in [-0.3, -0.25) is 4.79 Å². The first kappa shape index (κ1) is 15.0. The van der Waals surface area contributed by atoms with E-state index in [1.807, 2.05) is 24.3 Å². The Labute approximate surface area is 137 Å². The molecule has 0 unspecified atom stereocenters. The molecule has 0 radical (unpaired) electrons. The molecule has 1 aromatic carbocycles. The molecule has 5 nitrogen and oxygen atoms in total. The second-order valence-electron chi connectivity index (χ2n) is 4.91. The highest BCUT2D eigenvalue weighted by molar-refractivity contribution is 9.10. The first-order chi connectivity index (χ1) is 10.8. The van der Waals surface area contributed by atoms with Gasteiger partial charge in [0.15, 0.2) is 0 Å². The van der Waals surface area contributed by atoms with Crippen molar-refractivity contribution in [3.63, 3.8) is 0 Å². The molecule has 0 aliphatic carbocycles. The molecule has 0 atom stereocenters. The fraction of sp³-hybridized carbons (Fsp3) is 0.250. The number of nitrogens with one attached hydrogen (secondary N) is 1. The van der Waals surface area contributed by atoms with Gasteiger partial charge in [0.2, 0.25) is 0 Å². The lowest BCUT2D eigenvalue weighted by Gasteiger charge is -2.29. The van der Waals surface area contributed by atoms with Crippen molar-refractivity contribution in [3.05, 3.63) is 52.6 Å². The summed E-state index contributed by atoms with van der Waals surface area (Å²) in [5.41, 5.74) is 1.31. The van der Waals surface area contributed by atoms with Crippen LogP contribution in [0.15, 0.2) is 47.1 Å². The number of carbonyl (C=O) groups excluding carboxylic acids is 1. The van der Waals surface area contributed by atoms with E-state index in [0.717, 1.165) is 23.2 Å². The molecule has 1 aliphatic rings. The third-order valence-corrected chi connectivity index (χ3v) is 4.16. The first-order valence-electron chi connectivity index (χ1n) is 7.09.